The van der Waals surface area contributed by atoms with Gasteiger partial charge in [-0.15, -0.1) is 0 Å². The Morgan fingerprint density at radius 3 is 2.50 bits per heavy atom. The van der Waals surface area contributed by atoms with E-state index in [1.54, 1.807) is 6.92 Å². The van der Waals surface area contributed by atoms with Crippen molar-refractivity contribution in [2.24, 2.45) is 0 Å². The van der Waals surface area contributed by atoms with Crippen LogP contribution in [0.25, 0.3) is 0 Å². The molecule has 0 saturated carbocycles. The van der Waals surface area contributed by atoms with Crippen LogP contribution in [-0.4, -0.2) is 36.4 Å². The van der Waals surface area contributed by atoms with E-state index in [0.717, 1.165) is 10.4 Å². The van der Waals surface area contributed by atoms with Gasteiger partial charge in [0.2, 0.25) is 10.0 Å². The molecular weight excluding hydrogens is 285 g/mol. The lowest BCUT2D eigenvalue weighted by atomic mass is 10.2. The summed E-state index contributed by atoms with van der Waals surface area (Å²) in [6, 6.07) is 2.97. The van der Waals surface area contributed by atoms with Gasteiger partial charge >= 0.3 is 5.97 Å². The van der Waals surface area contributed by atoms with Crippen LogP contribution in [0, 0.1) is 12.7 Å². The van der Waals surface area contributed by atoms with Gasteiger partial charge < -0.3 is 5.11 Å². The van der Waals surface area contributed by atoms with E-state index in [1.165, 1.54) is 26.0 Å². The predicted molar refractivity (Wildman–Crippen MR) is 72.4 cm³/mol. The van der Waals surface area contributed by atoms with Crippen LogP contribution in [0.4, 0.5) is 4.39 Å². The zero-order valence-electron chi connectivity index (χ0n) is 11.6. The second-order valence-corrected chi connectivity index (χ2v) is 6.46. The van der Waals surface area contributed by atoms with Crippen LogP contribution in [-0.2, 0) is 14.8 Å². The molecule has 1 aromatic carbocycles. The normalized spacial score (nSPS) is 13.4. The Morgan fingerprint density at radius 2 is 2.05 bits per heavy atom. The number of aryl methyl sites for hydroxylation is 1. The fourth-order valence-corrected chi connectivity index (χ4v) is 3.59. The molecule has 1 unspecified atom stereocenters. The minimum atomic E-state index is -3.91. The van der Waals surface area contributed by atoms with Gasteiger partial charge in [-0.25, -0.2) is 12.8 Å². The van der Waals surface area contributed by atoms with Crippen LogP contribution in [0.15, 0.2) is 23.1 Å². The van der Waals surface area contributed by atoms with E-state index in [2.05, 4.69) is 0 Å². The van der Waals surface area contributed by atoms with E-state index in [4.69, 9.17) is 5.11 Å². The fourth-order valence-electron chi connectivity index (χ4n) is 1.94. The standard InChI is InChI=1S/C13H18FNO4S/c1-4-15(10(3)7-13(16)17)20(18,19)11-6-5-9(2)12(14)8-11/h5-6,8,10H,4,7H2,1-3H3,(H,16,17). The summed E-state index contributed by atoms with van der Waals surface area (Å²) in [5, 5.41) is 8.76. The Hall–Kier alpha value is -1.47. The van der Waals surface area contributed by atoms with E-state index in [0.29, 0.717) is 5.56 Å². The lowest BCUT2D eigenvalue weighted by Crippen LogP contribution is -2.39. The molecule has 0 fully saturated rings. The molecule has 1 rings (SSSR count). The number of benzene rings is 1. The lowest BCUT2D eigenvalue weighted by Gasteiger charge is -2.26. The molecule has 0 aliphatic heterocycles. The Balaban J connectivity index is 3.17. The van der Waals surface area contributed by atoms with E-state index in [9.17, 15) is 17.6 Å². The van der Waals surface area contributed by atoms with Crippen molar-refractivity contribution < 1.29 is 22.7 Å². The number of aliphatic carboxylic acids is 1. The summed E-state index contributed by atoms with van der Waals surface area (Å²) >= 11 is 0. The molecule has 0 aliphatic carbocycles. The number of hydrogen-bond donors (Lipinski definition) is 1. The van der Waals surface area contributed by atoms with Crippen molar-refractivity contribution in [3.63, 3.8) is 0 Å². The number of sulfonamides is 1. The van der Waals surface area contributed by atoms with Gasteiger partial charge in [0.05, 0.1) is 11.3 Å². The van der Waals surface area contributed by atoms with Gasteiger partial charge in [-0.3, -0.25) is 4.79 Å². The fraction of sp³-hybridized carbons (Fsp3) is 0.462. The first kappa shape index (κ1) is 16.6. The molecule has 0 bridgehead atoms. The number of halogens is 1. The number of carboxylic acid groups (broad SMARTS) is 1. The molecule has 20 heavy (non-hydrogen) atoms. The van der Waals surface area contributed by atoms with Crippen LogP contribution in [0.2, 0.25) is 0 Å². The number of carbonyl (C=O) groups is 1. The molecule has 0 aromatic heterocycles. The topological polar surface area (TPSA) is 74.7 Å². The summed E-state index contributed by atoms with van der Waals surface area (Å²) in [4.78, 5) is 10.5. The van der Waals surface area contributed by atoms with E-state index in [1.807, 2.05) is 0 Å². The molecule has 0 amide bonds. The molecular formula is C13H18FNO4S. The van der Waals surface area contributed by atoms with Gasteiger partial charge in [-0.05, 0) is 31.5 Å². The zero-order chi connectivity index (χ0) is 15.5. The molecule has 5 nitrogen and oxygen atoms in total. The molecule has 0 spiro atoms. The average Bonchev–Trinajstić information content (AvgIpc) is 2.31. The highest BCUT2D eigenvalue weighted by molar-refractivity contribution is 7.89. The molecule has 0 radical (unpaired) electrons. The van der Waals surface area contributed by atoms with Crippen molar-refractivity contribution in [3.05, 3.63) is 29.6 Å². The summed E-state index contributed by atoms with van der Waals surface area (Å²) in [5.41, 5.74) is 0.352. The van der Waals surface area contributed by atoms with Crippen LogP contribution in [0.1, 0.15) is 25.8 Å². The Kier molecular flexibility index (Phi) is 5.24. The highest BCUT2D eigenvalue weighted by atomic mass is 32.2. The molecule has 1 aromatic rings. The van der Waals surface area contributed by atoms with Gasteiger partial charge in [-0.2, -0.15) is 4.31 Å². The highest BCUT2D eigenvalue weighted by Crippen LogP contribution is 2.21. The summed E-state index contributed by atoms with van der Waals surface area (Å²) in [5.74, 6) is -1.69. The van der Waals surface area contributed by atoms with E-state index >= 15 is 0 Å². The van der Waals surface area contributed by atoms with Crippen LogP contribution in [0.5, 0.6) is 0 Å². The molecule has 0 aliphatic rings. The first-order valence-corrected chi connectivity index (χ1v) is 7.64. The highest BCUT2D eigenvalue weighted by Gasteiger charge is 2.29. The van der Waals surface area contributed by atoms with Crippen LogP contribution < -0.4 is 0 Å². The van der Waals surface area contributed by atoms with Gasteiger partial charge in [-0.1, -0.05) is 13.0 Å². The Labute approximate surface area is 118 Å². The molecule has 112 valence electrons. The zero-order valence-corrected chi connectivity index (χ0v) is 12.4. The van der Waals surface area contributed by atoms with Crippen molar-refractivity contribution >= 4 is 16.0 Å². The van der Waals surface area contributed by atoms with Crippen LogP contribution >= 0.6 is 0 Å². The van der Waals surface area contributed by atoms with Crippen LogP contribution in [0.3, 0.4) is 0 Å². The predicted octanol–water partition coefficient (Wildman–Crippen LogP) is 2.01. The van der Waals surface area contributed by atoms with Crippen molar-refractivity contribution in [1.29, 1.82) is 0 Å². The quantitative estimate of drug-likeness (QED) is 0.872. The maximum Gasteiger partial charge on any atom is 0.304 e. The second kappa shape index (κ2) is 6.32. The first-order chi connectivity index (χ1) is 9.20. The van der Waals surface area contributed by atoms with Gasteiger partial charge in [0.25, 0.3) is 0 Å². The van der Waals surface area contributed by atoms with Crippen molar-refractivity contribution in [3.8, 4) is 0 Å². The molecule has 7 heteroatoms. The Bertz CT molecular complexity index is 600. The maximum atomic E-state index is 13.5. The summed E-state index contributed by atoms with van der Waals surface area (Å²) in [6.07, 6.45) is -0.304. The molecule has 1 N–H and O–H groups in total. The van der Waals surface area contributed by atoms with Crippen molar-refractivity contribution in [1.82, 2.24) is 4.31 Å². The van der Waals surface area contributed by atoms with Gasteiger partial charge in [0.15, 0.2) is 0 Å². The smallest absolute Gasteiger partial charge is 0.304 e. The Morgan fingerprint density at radius 1 is 1.45 bits per heavy atom. The van der Waals surface area contributed by atoms with E-state index in [-0.39, 0.29) is 17.9 Å². The SMILES string of the molecule is CCN(C(C)CC(=O)O)S(=O)(=O)c1ccc(C)c(F)c1. The second-order valence-electron chi connectivity index (χ2n) is 4.57. The third kappa shape index (κ3) is 3.55. The summed E-state index contributed by atoms with van der Waals surface area (Å²) in [7, 11) is -3.91. The van der Waals surface area contributed by atoms with Crippen molar-refractivity contribution in [2.75, 3.05) is 6.54 Å². The molecule has 1 atom stereocenters. The lowest BCUT2D eigenvalue weighted by molar-refractivity contribution is -0.137. The minimum Gasteiger partial charge on any atom is -0.481 e. The van der Waals surface area contributed by atoms with Crippen molar-refractivity contribution in [2.45, 2.75) is 38.1 Å². The van der Waals surface area contributed by atoms with Gasteiger partial charge in [0.1, 0.15) is 5.82 Å². The minimum absolute atomic E-state index is 0.117. The van der Waals surface area contributed by atoms with Gasteiger partial charge in [0, 0.05) is 12.6 Å². The molecule has 0 heterocycles. The monoisotopic (exact) mass is 303 g/mol. The molecule has 0 saturated heterocycles. The first-order valence-electron chi connectivity index (χ1n) is 6.20. The van der Waals surface area contributed by atoms with E-state index < -0.39 is 27.9 Å². The third-order valence-electron chi connectivity index (χ3n) is 3.02. The number of hydrogen-bond acceptors (Lipinski definition) is 3. The summed E-state index contributed by atoms with van der Waals surface area (Å²) in [6.45, 7) is 4.78. The largest absolute Gasteiger partial charge is 0.481 e. The number of carboxylic acids is 1. The average molecular weight is 303 g/mol. The third-order valence-corrected chi connectivity index (χ3v) is 5.11. The maximum absolute atomic E-state index is 13.5. The summed E-state index contributed by atoms with van der Waals surface area (Å²) < 4.78 is 39.4. The number of nitrogens with zero attached hydrogens (tertiary/aromatic N) is 1. The number of rotatable bonds is 6.